The van der Waals surface area contributed by atoms with E-state index in [-0.39, 0.29) is 16.3 Å². The van der Waals surface area contributed by atoms with Crippen molar-refractivity contribution >= 4 is 33.3 Å². The minimum absolute atomic E-state index is 0.0846. The van der Waals surface area contributed by atoms with Crippen LogP contribution in [0.4, 0.5) is 5.69 Å². The van der Waals surface area contributed by atoms with Gasteiger partial charge in [-0.05, 0) is 29.6 Å². The van der Waals surface area contributed by atoms with E-state index in [0.717, 1.165) is 4.88 Å². The molecule has 18 heavy (non-hydrogen) atoms. The first-order valence-corrected chi connectivity index (χ1v) is 7.33. The van der Waals surface area contributed by atoms with E-state index >= 15 is 0 Å². The topological polar surface area (TPSA) is 92.8 Å². The number of sulfonamides is 1. The second-order valence-electron chi connectivity index (χ2n) is 3.47. The highest BCUT2D eigenvalue weighted by Crippen LogP contribution is 2.28. The van der Waals surface area contributed by atoms with Crippen molar-refractivity contribution in [2.24, 2.45) is 10.1 Å². The second kappa shape index (κ2) is 4.89. The van der Waals surface area contributed by atoms with Gasteiger partial charge >= 0.3 is 0 Å². The third kappa shape index (κ3) is 2.95. The maximum Gasteiger partial charge on any atom is 0.238 e. The molecule has 0 bridgehead atoms. The summed E-state index contributed by atoms with van der Waals surface area (Å²) in [6.07, 6.45) is 1.55. The van der Waals surface area contributed by atoms with E-state index in [2.05, 4.69) is 4.99 Å². The molecule has 0 atom stereocenters. The number of thiophene rings is 1. The number of rotatable bonds is 3. The van der Waals surface area contributed by atoms with Gasteiger partial charge in [0.2, 0.25) is 10.0 Å². The van der Waals surface area contributed by atoms with Crippen LogP contribution in [-0.2, 0) is 10.0 Å². The van der Waals surface area contributed by atoms with E-state index in [4.69, 9.17) is 5.14 Å². The van der Waals surface area contributed by atoms with Gasteiger partial charge in [-0.3, -0.25) is 4.99 Å². The zero-order valence-corrected chi connectivity index (χ0v) is 10.8. The Hall–Kier alpha value is -1.70. The Morgan fingerprint density at radius 1 is 1.33 bits per heavy atom. The third-order valence-corrected chi connectivity index (χ3v) is 3.87. The smallest absolute Gasteiger partial charge is 0.238 e. The van der Waals surface area contributed by atoms with Crippen LogP contribution in [0.2, 0.25) is 0 Å². The van der Waals surface area contributed by atoms with E-state index < -0.39 is 10.0 Å². The van der Waals surface area contributed by atoms with Crippen LogP contribution in [-0.4, -0.2) is 19.7 Å². The van der Waals surface area contributed by atoms with Gasteiger partial charge < -0.3 is 5.11 Å². The molecular weight excluding hydrogens is 272 g/mol. The number of hydrogen-bond acceptors (Lipinski definition) is 5. The fraction of sp³-hybridized carbons (Fsp3) is 0. The van der Waals surface area contributed by atoms with Gasteiger partial charge in [-0.1, -0.05) is 6.07 Å². The number of hydrogen-bond donors (Lipinski definition) is 2. The Balaban J connectivity index is 2.39. The number of nitrogens with zero attached hydrogens (tertiary/aromatic N) is 1. The van der Waals surface area contributed by atoms with Crippen molar-refractivity contribution < 1.29 is 13.5 Å². The molecule has 7 heteroatoms. The van der Waals surface area contributed by atoms with E-state index in [0.29, 0.717) is 0 Å². The van der Waals surface area contributed by atoms with Gasteiger partial charge in [0.15, 0.2) is 0 Å². The van der Waals surface area contributed by atoms with Crippen LogP contribution < -0.4 is 5.14 Å². The fourth-order valence-corrected chi connectivity index (χ4v) is 2.40. The standard InChI is InChI=1S/C11H10N2O3S2/c12-18(15,16)9-3-4-11(14)10(6-9)13-7-8-2-1-5-17-8/h1-7,14H,(H2,12,15,16). The molecule has 94 valence electrons. The van der Waals surface area contributed by atoms with Crippen LogP contribution in [0.3, 0.4) is 0 Å². The van der Waals surface area contributed by atoms with E-state index in [1.165, 1.54) is 29.5 Å². The summed E-state index contributed by atoms with van der Waals surface area (Å²) in [5, 5.41) is 16.5. The quantitative estimate of drug-likeness (QED) is 0.841. The normalized spacial score (nSPS) is 12.1. The number of primary sulfonamides is 1. The molecule has 0 amide bonds. The van der Waals surface area contributed by atoms with Crippen molar-refractivity contribution in [2.45, 2.75) is 4.90 Å². The number of phenols is 1. The summed E-state index contributed by atoms with van der Waals surface area (Å²) in [6.45, 7) is 0. The highest BCUT2D eigenvalue weighted by molar-refractivity contribution is 7.89. The van der Waals surface area contributed by atoms with E-state index in [1.807, 2.05) is 17.5 Å². The van der Waals surface area contributed by atoms with Gasteiger partial charge in [-0.2, -0.15) is 0 Å². The molecule has 0 radical (unpaired) electrons. The zero-order chi connectivity index (χ0) is 13.2. The highest BCUT2D eigenvalue weighted by atomic mass is 32.2. The summed E-state index contributed by atoms with van der Waals surface area (Å²) in [4.78, 5) is 4.85. The Kier molecular flexibility index (Phi) is 3.46. The van der Waals surface area contributed by atoms with Crippen molar-refractivity contribution in [3.8, 4) is 5.75 Å². The molecule has 2 rings (SSSR count). The van der Waals surface area contributed by atoms with Crippen LogP contribution in [0.15, 0.2) is 45.6 Å². The molecule has 0 unspecified atom stereocenters. The maximum atomic E-state index is 11.2. The maximum absolute atomic E-state index is 11.2. The number of phenolic OH excluding ortho intramolecular Hbond substituents is 1. The van der Waals surface area contributed by atoms with Gasteiger partial charge in [0.25, 0.3) is 0 Å². The first-order valence-electron chi connectivity index (χ1n) is 4.90. The lowest BCUT2D eigenvalue weighted by Crippen LogP contribution is -2.11. The average Bonchev–Trinajstić information content (AvgIpc) is 2.79. The highest BCUT2D eigenvalue weighted by Gasteiger charge is 2.10. The Bertz CT molecular complexity index is 676. The van der Waals surface area contributed by atoms with Crippen LogP contribution in [0, 0.1) is 0 Å². The molecule has 3 N–H and O–H groups in total. The van der Waals surface area contributed by atoms with Crippen LogP contribution in [0.1, 0.15) is 4.88 Å². The van der Waals surface area contributed by atoms with E-state index in [1.54, 1.807) is 6.21 Å². The van der Waals surface area contributed by atoms with Crippen LogP contribution in [0.25, 0.3) is 0 Å². The van der Waals surface area contributed by atoms with Crippen molar-refractivity contribution in [2.75, 3.05) is 0 Å². The summed E-state index contributed by atoms with van der Waals surface area (Å²) in [6, 6.07) is 7.44. The number of benzene rings is 1. The minimum Gasteiger partial charge on any atom is -0.506 e. The Morgan fingerprint density at radius 3 is 2.72 bits per heavy atom. The van der Waals surface area contributed by atoms with Crippen molar-refractivity contribution in [1.82, 2.24) is 0 Å². The first kappa shape index (κ1) is 12.7. The molecule has 0 aliphatic carbocycles. The molecule has 0 saturated carbocycles. The fourth-order valence-electron chi connectivity index (χ4n) is 1.28. The average molecular weight is 282 g/mol. The third-order valence-electron chi connectivity index (χ3n) is 2.15. The van der Waals surface area contributed by atoms with Crippen LogP contribution in [0.5, 0.6) is 5.75 Å². The Morgan fingerprint density at radius 2 is 2.11 bits per heavy atom. The minimum atomic E-state index is -3.80. The van der Waals surface area contributed by atoms with Crippen molar-refractivity contribution in [1.29, 1.82) is 0 Å². The van der Waals surface area contributed by atoms with Gasteiger partial charge in [-0.25, -0.2) is 13.6 Å². The van der Waals surface area contributed by atoms with Gasteiger partial charge in [0, 0.05) is 11.1 Å². The predicted octanol–water partition coefficient (Wildman–Crippen LogP) is 1.85. The molecular formula is C11H10N2O3S2. The summed E-state index contributed by atoms with van der Waals surface area (Å²) in [7, 11) is -3.80. The molecule has 0 fully saturated rings. The lowest BCUT2D eigenvalue weighted by atomic mass is 10.3. The molecule has 5 nitrogen and oxygen atoms in total. The monoisotopic (exact) mass is 282 g/mol. The lowest BCUT2D eigenvalue weighted by molar-refractivity contribution is 0.476. The largest absolute Gasteiger partial charge is 0.506 e. The molecule has 0 aliphatic rings. The first-order chi connectivity index (χ1) is 8.47. The molecule has 2 aromatic rings. The summed E-state index contributed by atoms with van der Waals surface area (Å²) in [5.41, 5.74) is 0.162. The van der Waals surface area contributed by atoms with Gasteiger partial charge in [-0.15, -0.1) is 11.3 Å². The predicted molar refractivity (Wildman–Crippen MR) is 71.1 cm³/mol. The molecule has 1 heterocycles. The van der Waals surface area contributed by atoms with Crippen LogP contribution >= 0.6 is 11.3 Å². The van der Waals surface area contributed by atoms with Gasteiger partial charge in [0.05, 0.1) is 4.90 Å². The van der Waals surface area contributed by atoms with Crippen molar-refractivity contribution in [3.05, 3.63) is 40.6 Å². The number of aromatic hydroxyl groups is 1. The van der Waals surface area contributed by atoms with E-state index in [9.17, 15) is 13.5 Å². The molecule has 0 spiro atoms. The molecule has 1 aromatic carbocycles. The summed E-state index contributed by atoms with van der Waals surface area (Å²) in [5.74, 6) is -0.102. The molecule has 1 aromatic heterocycles. The summed E-state index contributed by atoms with van der Waals surface area (Å²) < 4.78 is 22.4. The SMILES string of the molecule is NS(=O)(=O)c1ccc(O)c(N=Cc2cccs2)c1. The molecule has 0 saturated heterocycles. The zero-order valence-electron chi connectivity index (χ0n) is 9.15. The summed E-state index contributed by atoms with van der Waals surface area (Å²) >= 11 is 1.48. The molecule has 0 aliphatic heterocycles. The van der Waals surface area contributed by atoms with Crippen molar-refractivity contribution in [3.63, 3.8) is 0 Å². The number of nitrogens with two attached hydrogens (primary N) is 1. The second-order valence-corrected chi connectivity index (χ2v) is 6.01. The van der Waals surface area contributed by atoms with Gasteiger partial charge in [0.1, 0.15) is 11.4 Å². The Labute approximate surface area is 108 Å². The number of aliphatic imine (C=N–C) groups is 1. The lowest BCUT2D eigenvalue weighted by Gasteiger charge is -2.01.